The Morgan fingerprint density at radius 1 is 1.30 bits per heavy atom. The first kappa shape index (κ1) is 23.7. The van der Waals surface area contributed by atoms with Gasteiger partial charge in [-0.1, -0.05) is 11.3 Å². The van der Waals surface area contributed by atoms with Crippen molar-refractivity contribution in [3.8, 4) is 0 Å². The van der Waals surface area contributed by atoms with Crippen LogP contribution in [-0.2, 0) is 4.74 Å². The molecule has 1 aliphatic rings. The van der Waals surface area contributed by atoms with Gasteiger partial charge in [-0.25, -0.2) is 14.2 Å². The van der Waals surface area contributed by atoms with Crippen LogP contribution in [0, 0.1) is 15.3 Å². The lowest BCUT2D eigenvalue weighted by atomic mass is 9.98. The SMILES string of the molecule is CC(C)(C)OC(=O)NCC1CN(C(=O)c2c(Nc3ccc(I)cc3F)sc3ncccc23)C1. The van der Waals surface area contributed by atoms with E-state index in [9.17, 15) is 14.0 Å². The summed E-state index contributed by atoms with van der Waals surface area (Å²) in [5, 5.41) is 7.14. The van der Waals surface area contributed by atoms with Gasteiger partial charge in [0.15, 0.2) is 0 Å². The number of thiophene rings is 1. The quantitative estimate of drug-likeness (QED) is 0.395. The fraction of sp³-hybridized carbons (Fsp3) is 0.348. The van der Waals surface area contributed by atoms with Gasteiger partial charge < -0.3 is 20.3 Å². The van der Waals surface area contributed by atoms with E-state index in [-0.39, 0.29) is 17.6 Å². The van der Waals surface area contributed by atoms with Crippen molar-refractivity contribution in [1.82, 2.24) is 15.2 Å². The van der Waals surface area contributed by atoms with Gasteiger partial charge in [0, 0.05) is 40.7 Å². The maximum Gasteiger partial charge on any atom is 0.407 e. The Bertz CT molecular complexity index is 1200. The molecule has 10 heteroatoms. The second-order valence-corrected chi connectivity index (χ2v) is 11.1. The van der Waals surface area contributed by atoms with Crippen molar-refractivity contribution in [1.29, 1.82) is 0 Å². The van der Waals surface area contributed by atoms with Crippen molar-refractivity contribution in [2.45, 2.75) is 26.4 Å². The average Bonchev–Trinajstić information content (AvgIpc) is 3.05. The predicted octanol–water partition coefficient (Wildman–Crippen LogP) is 5.38. The highest BCUT2D eigenvalue weighted by Gasteiger charge is 2.34. The van der Waals surface area contributed by atoms with Crippen LogP contribution in [0.3, 0.4) is 0 Å². The number of benzene rings is 1. The molecule has 2 amide bonds. The van der Waals surface area contributed by atoms with E-state index in [4.69, 9.17) is 4.74 Å². The number of anilines is 2. The second kappa shape index (κ2) is 9.41. The molecule has 1 aromatic carbocycles. The lowest BCUT2D eigenvalue weighted by Crippen LogP contribution is -2.54. The third-order valence-electron chi connectivity index (χ3n) is 5.04. The standard InChI is InChI=1S/C23H24FIN4O3S/c1-23(2,3)32-22(31)27-10-13-11-29(12-13)21(30)18-15-5-4-8-26-19(15)33-20(18)28-17-7-6-14(25)9-16(17)24/h4-9,13,28H,10-12H2,1-3H3,(H,27,31). The molecular formula is C23H24FIN4O3S. The Morgan fingerprint density at radius 2 is 2.06 bits per heavy atom. The molecular weight excluding hydrogens is 558 g/mol. The fourth-order valence-corrected chi connectivity index (χ4v) is 5.01. The Kier molecular flexibility index (Phi) is 6.76. The number of hydrogen-bond donors (Lipinski definition) is 2. The second-order valence-electron chi connectivity index (χ2n) is 8.87. The van der Waals surface area contributed by atoms with E-state index in [0.29, 0.717) is 40.7 Å². The molecule has 3 aromatic rings. The molecule has 33 heavy (non-hydrogen) atoms. The van der Waals surface area contributed by atoms with Crippen LogP contribution in [-0.4, -0.2) is 47.1 Å². The smallest absolute Gasteiger partial charge is 0.407 e. The third kappa shape index (κ3) is 5.55. The highest BCUT2D eigenvalue weighted by atomic mass is 127. The number of likely N-dealkylation sites (tertiary alicyclic amines) is 1. The zero-order valence-electron chi connectivity index (χ0n) is 18.4. The first-order chi connectivity index (χ1) is 15.6. The number of halogens is 2. The third-order valence-corrected chi connectivity index (χ3v) is 6.74. The van der Waals surface area contributed by atoms with Crippen molar-refractivity contribution in [3.05, 3.63) is 51.5 Å². The average molecular weight is 582 g/mol. The number of aromatic nitrogens is 1. The summed E-state index contributed by atoms with van der Waals surface area (Å²) in [5.74, 6) is -0.381. The van der Waals surface area contributed by atoms with E-state index in [2.05, 4.69) is 38.2 Å². The number of amides is 2. The van der Waals surface area contributed by atoms with E-state index in [1.54, 1.807) is 29.3 Å². The van der Waals surface area contributed by atoms with Crippen LogP contribution >= 0.6 is 33.9 Å². The number of ether oxygens (including phenoxy) is 1. The van der Waals surface area contributed by atoms with Gasteiger partial charge in [-0.15, -0.1) is 0 Å². The highest BCUT2D eigenvalue weighted by molar-refractivity contribution is 14.1. The number of nitrogens with one attached hydrogen (secondary N) is 2. The van der Waals surface area contributed by atoms with Gasteiger partial charge >= 0.3 is 6.09 Å². The van der Waals surface area contributed by atoms with E-state index in [0.717, 1.165) is 8.96 Å². The summed E-state index contributed by atoms with van der Waals surface area (Å²) in [6.07, 6.45) is 1.21. The monoisotopic (exact) mass is 582 g/mol. The number of carbonyl (C=O) groups excluding carboxylic acids is 2. The van der Waals surface area contributed by atoms with E-state index < -0.39 is 11.7 Å². The van der Waals surface area contributed by atoms with Gasteiger partial charge in [-0.05, 0) is 73.7 Å². The number of hydrogen-bond acceptors (Lipinski definition) is 6. The predicted molar refractivity (Wildman–Crippen MR) is 136 cm³/mol. The van der Waals surface area contributed by atoms with Gasteiger partial charge in [0.1, 0.15) is 21.2 Å². The summed E-state index contributed by atoms with van der Waals surface area (Å²) in [6, 6.07) is 8.53. The molecule has 1 saturated heterocycles. The molecule has 0 aliphatic carbocycles. The Balaban J connectivity index is 1.47. The first-order valence-electron chi connectivity index (χ1n) is 10.5. The minimum atomic E-state index is -0.556. The van der Waals surface area contributed by atoms with Gasteiger partial charge in [-0.3, -0.25) is 4.79 Å². The zero-order chi connectivity index (χ0) is 23.8. The topological polar surface area (TPSA) is 83.6 Å². The minimum Gasteiger partial charge on any atom is -0.444 e. The Morgan fingerprint density at radius 3 is 2.76 bits per heavy atom. The summed E-state index contributed by atoms with van der Waals surface area (Å²) < 4.78 is 20.5. The maximum atomic E-state index is 14.4. The van der Waals surface area contributed by atoms with E-state index in [1.165, 1.54) is 17.4 Å². The fourth-order valence-electron chi connectivity index (χ4n) is 3.51. The molecule has 0 atom stereocenters. The van der Waals surface area contributed by atoms with Crippen LogP contribution in [0.2, 0.25) is 0 Å². The molecule has 0 bridgehead atoms. The van der Waals surface area contributed by atoms with Gasteiger partial charge in [0.25, 0.3) is 5.91 Å². The molecule has 3 heterocycles. The number of alkyl carbamates (subject to hydrolysis) is 1. The van der Waals surface area contributed by atoms with Crippen molar-refractivity contribution < 1.29 is 18.7 Å². The summed E-state index contributed by atoms with van der Waals surface area (Å²) in [7, 11) is 0. The van der Waals surface area contributed by atoms with E-state index >= 15 is 0 Å². The van der Waals surface area contributed by atoms with Crippen LogP contribution in [0.5, 0.6) is 0 Å². The minimum absolute atomic E-state index is 0.142. The molecule has 0 saturated carbocycles. The summed E-state index contributed by atoms with van der Waals surface area (Å²) in [4.78, 5) is 32.0. The van der Waals surface area contributed by atoms with Crippen LogP contribution in [0.1, 0.15) is 31.1 Å². The molecule has 0 spiro atoms. The molecule has 2 N–H and O–H groups in total. The molecule has 0 radical (unpaired) electrons. The molecule has 7 nitrogen and oxygen atoms in total. The number of rotatable bonds is 5. The molecule has 4 rings (SSSR count). The van der Waals surface area contributed by atoms with Crippen molar-refractivity contribution in [2.75, 3.05) is 25.0 Å². The Labute approximate surface area is 208 Å². The number of nitrogens with zero attached hydrogens (tertiary/aromatic N) is 2. The van der Waals surface area contributed by atoms with Crippen LogP contribution in [0.4, 0.5) is 19.9 Å². The zero-order valence-corrected chi connectivity index (χ0v) is 21.4. The molecule has 2 aromatic heterocycles. The van der Waals surface area contributed by atoms with Crippen molar-refractivity contribution >= 4 is 66.8 Å². The Hall–Kier alpha value is -2.47. The van der Waals surface area contributed by atoms with Crippen molar-refractivity contribution in [2.24, 2.45) is 5.92 Å². The number of pyridine rings is 1. The molecule has 174 valence electrons. The normalized spacial score (nSPS) is 14.2. The summed E-state index contributed by atoms with van der Waals surface area (Å²) in [5.41, 5.74) is 0.235. The summed E-state index contributed by atoms with van der Waals surface area (Å²) in [6.45, 7) is 6.90. The van der Waals surface area contributed by atoms with Gasteiger partial charge in [-0.2, -0.15) is 0 Å². The maximum absolute atomic E-state index is 14.4. The number of carbonyl (C=O) groups is 2. The molecule has 1 aliphatic heterocycles. The summed E-state index contributed by atoms with van der Waals surface area (Å²) >= 11 is 3.37. The lowest BCUT2D eigenvalue weighted by molar-refractivity contribution is 0.0422. The largest absolute Gasteiger partial charge is 0.444 e. The lowest BCUT2D eigenvalue weighted by Gasteiger charge is -2.39. The first-order valence-corrected chi connectivity index (χ1v) is 12.4. The molecule has 0 unspecified atom stereocenters. The van der Waals surface area contributed by atoms with Gasteiger partial charge in [0.05, 0.1) is 11.3 Å². The van der Waals surface area contributed by atoms with Crippen molar-refractivity contribution in [3.63, 3.8) is 0 Å². The highest BCUT2D eigenvalue weighted by Crippen LogP contribution is 2.38. The van der Waals surface area contributed by atoms with Gasteiger partial charge in [0.2, 0.25) is 0 Å². The van der Waals surface area contributed by atoms with Crippen LogP contribution in [0.15, 0.2) is 36.5 Å². The molecule has 1 fully saturated rings. The van der Waals surface area contributed by atoms with Crippen LogP contribution < -0.4 is 10.6 Å². The van der Waals surface area contributed by atoms with E-state index in [1.807, 2.05) is 26.8 Å². The van der Waals surface area contributed by atoms with Crippen LogP contribution in [0.25, 0.3) is 10.2 Å². The number of fused-ring (bicyclic) bond motifs is 1.